The summed E-state index contributed by atoms with van der Waals surface area (Å²) in [5.41, 5.74) is 2.20. The van der Waals surface area contributed by atoms with Gasteiger partial charge in [0.2, 0.25) is 0 Å². The highest BCUT2D eigenvalue weighted by Gasteiger charge is 2.20. The number of amides is 2. The van der Waals surface area contributed by atoms with E-state index in [4.69, 9.17) is 0 Å². The number of thiazole rings is 2. The Balaban J connectivity index is 1.34. The molecule has 4 heterocycles. The van der Waals surface area contributed by atoms with Crippen molar-refractivity contribution >= 4 is 34.5 Å². The third-order valence-corrected chi connectivity index (χ3v) is 6.41. The van der Waals surface area contributed by atoms with Crippen LogP contribution in [0, 0.1) is 0 Å². The van der Waals surface area contributed by atoms with Gasteiger partial charge in [-0.25, -0.2) is 9.97 Å². The molecular formula is C22H20N6O2S2. The third-order valence-electron chi connectivity index (χ3n) is 4.68. The van der Waals surface area contributed by atoms with Gasteiger partial charge in [-0.15, -0.1) is 22.7 Å². The maximum atomic E-state index is 12.7. The van der Waals surface area contributed by atoms with Gasteiger partial charge in [0, 0.05) is 50.3 Å². The maximum absolute atomic E-state index is 12.7. The van der Waals surface area contributed by atoms with E-state index in [1.165, 1.54) is 22.7 Å². The summed E-state index contributed by atoms with van der Waals surface area (Å²) in [6.45, 7) is 0.740. The SMILES string of the molecule is CN(CCN(C)C(=O)c1csc(-c2ccccn2)n1)C(=O)c1csc(-c2ccccn2)n1. The zero-order chi connectivity index (χ0) is 22.5. The van der Waals surface area contributed by atoms with Crippen LogP contribution >= 0.6 is 22.7 Å². The van der Waals surface area contributed by atoms with E-state index in [1.54, 1.807) is 47.0 Å². The second-order valence-electron chi connectivity index (χ2n) is 6.96. The number of carbonyl (C=O) groups is 2. The Kier molecular flexibility index (Phi) is 6.62. The molecule has 0 aliphatic rings. The van der Waals surface area contributed by atoms with Crippen molar-refractivity contribution in [2.75, 3.05) is 27.2 Å². The first kappa shape index (κ1) is 21.7. The Morgan fingerprint density at radius 1 is 0.750 bits per heavy atom. The molecule has 0 bridgehead atoms. The first-order valence-electron chi connectivity index (χ1n) is 9.77. The molecule has 0 unspecified atom stereocenters. The van der Waals surface area contributed by atoms with Crippen LogP contribution in [0.1, 0.15) is 21.0 Å². The molecule has 8 nitrogen and oxygen atoms in total. The summed E-state index contributed by atoms with van der Waals surface area (Å²) in [6, 6.07) is 11.1. The van der Waals surface area contributed by atoms with Gasteiger partial charge >= 0.3 is 0 Å². The minimum absolute atomic E-state index is 0.199. The van der Waals surface area contributed by atoms with Crippen molar-refractivity contribution in [2.45, 2.75) is 0 Å². The quantitative estimate of drug-likeness (QED) is 0.415. The lowest BCUT2D eigenvalue weighted by atomic mass is 10.3. The molecule has 0 saturated carbocycles. The lowest BCUT2D eigenvalue weighted by Crippen LogP contribution is -2.37. The van der Waals surface area contributed by atoms with E-state index in [2.05, 4.69) is 19.9 Å². The standard InChI is InChI=1S/C22H20N6O2S2/c1-27(21(29)17-13-31-19(25-17)15-7-3-5-9-23-15)11-12-28(2)22(30)18-14-32-20(26-18)16-8-4-6-10-24-16/h3-10,13-14H,11-12H2,1-2H3. The molecule has 4 aromatic rings. The molecule has 4 rings (SSSR count). The van der Waals surface area contributed by atoms with Gasteiger partial charge in [0.15, 0.2) is 0 Å². The number of pyridine rings is 2. The Hall–Kier alpha value is -3.50. The Morgan fingerprint density at radius 3 is 1.56 bits per heavy atom. The number of rotatable bonds is 7. The Bertz CT molecular complexity index is 1110. The molecule has 0 fully saturated rings. The van der Waals surface area contributed by atoms with Crippen molar-refractivity contribution in [3.63, 3.8) is 0 Å². The zero-order valence-electron chi connectivity index (χ0n) is 17.5. The smallest absolute Gasteiger partial charge is 0.273 e. The van der Waals surface area contributed by atoms with Crippen molar-refractivity contribution in [1.82, 2.24) is 29.7 Å². The van der Waals surface area contributed by atoms with Gasteiger partial charge < -0.3 is 9.80 Å². The Morgan fingerprint density at radius 2 is 1.19 bits per heavy atom. The second kappa shape index (κ2) is 9.75. The molecule has 0 atom stereocenters. The van der Waals surface area contributed by atoms with Crippen molar-refractivity contribution in [2.24, 2.45) is 0 Å². The average Bonchev–Trinajstić information content (AvgIpc) is 3.53. The number of hydrogen-bond acceptors (Lipinski definition) is 8. The highest BCUT2D eigenvalue weighted by atomic mass is 32.1. The number of likely N-dealkylation sites (N-methyl/N-ethyl adjacent to an activating group) is 2. The summed E-state index contributed by atoms with van der Waals surface area (Å²) >= 11 is 2.76. The van der Waals surface area contributed by atoms with E-state index in [9.17, 15) is 9.59 Å². The fourth-order valence-corrected chi connectivity index (χ4v) is 4.39. The molecular weight excluding hydrogens is 444 g/mol. The first-order valence-corrected chi connectivity index (χ1v) is 11.5. The van der Waals surface area contributed by atoms with E-state index >= 15 is 0 Å². The number of hydrogen-bond donors (Lipinski definition) is 0. The lowest BCUT2D eigenvalue weighted by Gasteiger charge is -2.21. The summed E-state index contributed by atoms with van der Waals surface area (Å²) in [5, 5.41) is 4.85. The van der Waals surface area contributed by atoms with Gasteiger partial charge in [0.1, 0.15) is 21.4 Å². The number of aromatic nitrogens is 4. The highest BCUT2D eigenvalue weighted by Crippen LogP contribution is 2.23. The van der Waals surface area contributed by atoms with Crippen LogP contribution in [0.15, 0.2) is 59.6 Å². The van der Waals surface area contributed by atoms with Crippen LogP contribution in [0.2, 0.25) is 0 Å². The van der Waals surface area contributed by atoms with Crippen LogP contribution in [0.4, 0.5) is 0 Å². The molecule has 4 aromatic heterocycles. The summed E-state index contributed by atoms with van der Waals surface area (Å²) in [4.78, 5) is 45.9. The van der Waals surface area contributed by atoms with Gasteiger partial charge in [0.25, 0.3) is 11.8 Å². The second-order valence-corrected chi connectivity index (χ2v) is 8.68. The van der Waals surface area contributed by atoms with E-state index in [0.29, 0.717) is 34.5 Å². The first-order chi connectivity index (χ1) is 15.5. The van der Waals surface area contributed by atoms with Crippen molar-refractivity contribution < 1.29 is 9.59 Å². The molecule has 32 heavy (non-hydrogen) atoms. The molecule has 0 saturated heterocycles. The van der Waals surface area contributed by atoms with Crippen molar-refractivity contribution in [3.8, 4) is 21.4 Å². The van der Waals surface area contributed by atoms with E-state index in [-0.39, 0.29) is 11.8 Å². The fourth-order valence-electron chi connectivity index (χ4n) is 2.85. The van der Waals surface area contributed by atoms with Gasteiger partial charge in [-0.05, 0) is 24.3 Å². The fraction of sp³-hybridized carbons (Fsp3) is 0.182. The minimum atomic E-state index is -0.199. The maximum Gasteiger partial charge on any atom is 0.273 e. The van der Waals surface area contributed by atoms with Gasteiger partial charge in [-0.3, -0.25) is 19.6 Å². The van der Waals surface area contributed by atoms with Crippen LogP contribution in [-0.4, -0.2) is 68.7 Å². The van der Waals surface area contributed by atoms with Gasteiger partial charge in [-0.2, -0.15) is 0 Å². The molecule has 0 aliphatic carbocycles. The Labute approximate surface area is 193 Å². The minimum Gasteiger partial charge on any atom is -0.339 e. The third kappa shape index (κ3) is 4.87. The largest absolute Gasteiger partial charge is 0.339 e. The summed E-state index contributed by atoms with van der Waals surface area (Å²) in [7, 11) is 3.39. The van der Waals surface area contributed by atoms with Gasteiger partial charge in [0.05, 0.1) is 11.4 Å². The van der Waals surface area contributed by atoms with Gasteiger partial charge in [-0.1, -0.05) is 12.1 Å². The van der Waals surface area contributed by atoms with Crippen molar-refractivity contribution in [1.29, 1.82) is 0 Å². The van der Waals surface area contributed by atoms with E-state index < -0.39 is 0 Å². The molecule has 10 heteroatoms. The molecule has 0 N–H and O–H groups in total. The summed E-state index contributed by atoms with van der Waals surface area (Å²) < 4.78 is 0. The topological polar surface area (TPSA) is 92.2 Å². The van der Waals surface area contributed by atoms with Crippen LogP contribution in [0.3, 0.4) is 0 Å². The van der Waals surface area contributed by atoms with Crippen LogP contribution in [0.25, 0.3) is 21.4 Å². The number of carbonyl (C=O) groups excluding carboxylic acids is 2. The zero-order valence-corrected chi connectivity index (χ0v) is 19.1. The van der Waals surface area contributed by atoms with Crippen LogP contribution < -0.4 is 0 Å². The number of nitrogens with zero attached hydrogens (tertiary/aromatic N) is 6. The highest BCUT2D eigenvalue weighted by molar-refractivity contribution is 7.13. The van der Waals surface area contributed by atoms with E-state index in [0.717, 1.165) is 11.4 Å². The predicted octanol–water partition coefficient (Wildman–Crippen LogP) is 3.57. The molecule has 162 valence electrons. The molecule has 0 spiro atoms. The van der Waals surface area contributed by atoms with E-state index in [1.807, 2.05) is 36.4 Å². The van der Waals surface area contributed by atoms with Crippen LogP contribution in [-0.2, 0) is 0 Å². The van der Waals surface area contributed by atoms with Crippen molar-refractivity contribution in [3.05, 3.63) is 70.9 Å². The normalized spacial score (nSPS) is 10.7. The monoisotopic (exact) mass is 464 g/mol. The molecule has 0 radical (unpaired) electrons. The summed E-state index contributed by atoms with van der Waals surface area (Å²) in [5.74, 6) is -0.397. The average molecular weight is 465 g/mol. The lowest BCUT2D eigenvalue weighted by molar-refractivity contribution is 0.0714. The predicted molar refractivity (Wildman–Crippen MR) is 125 cm³/mol. The summed E-state index contributed by atoms with van der Waals surface area (Å²) in [6.07, 6.45) is 3.39. The molecule has 2 amide bonds. The molecule has 0 aliphatic heterocycles. The molecule has 0 aromatic carbocycles. The van der Waals surface area contributed by atoms with Crippen LogP contribution in [0.5, 0.6) is 0 Å².